The van der Waals surface area contributed by atoms with Gasteiger partial charge in [-0.2, -0.15) is 0 Å². The van der Waals surface area contributed by atoms with Crippen molar-refractivity contribution in [3.8, 4) is 0 Å². The minimum atomic E-state index is -0.366. The predicted molar refractivity (Wildman–Crippen MR) is 70.3 cm³/mol. The lowest BCUT2D eigenvalue weighted by Crippen LogP contribution is -2.04. The van der Waals surface area contributed by atoms with E-state index < -0.39 is 0 Å². The van der Waals surface area contributed by atoms with E-state index in [0.717, 1.165) is 11.5 Å². The highest BCUT2D eigenvalue weighted by Gasteiger charge is 2.10. The van der Waals surface area contributed by atoms with Gasteiger partial charge < -0.3 is 9.15 Å². The molecule has 2 rings (SSSR count). The molecule has 5 nitrogen and oxygen atoms in total. The van der Waals surface area contributed by atoms with Gasteiger partial charge >= 0.3 is 5.97 Å². The van der Waals surface area contributed by atoms with Crippen LogP contribution in [0.3, 0.4) is 0 Å². The van der Waals surface area contributed by atoms with Gasteiger partial charge in [-0.05, 0) is 44.7 Å². The molecule has 0 aliphatic heterocycles. The van der Waals surface area contributed by atoms with Crippen molar-refractivity contribution in [3.63, 3.8) is 0 Å². The van der Waals surface area contributed by atoms with Gasteiger partial charge in [-0.1, -0.05) is 0 Å². The van der Waals surface area contributed by atoms with Crippen LogP contribution in [0.15, 0.2) is 33.0 Å². The minimum absolute atomic E-state index is 0.351. The summed E-state index contributed by atoms with van der Waals surface area (Å²) in [7, 11) is 0. The van der Waals surface area contributed by atoms with Crippen LogP contribution in [0.25, 0.3) is 0 Å². The highest BCUT2D eigenvalue weighted by Crippen LogP contribution is 2.26. The molecule has 0 saturated heterocycles. The van der Waals surface area contributed by atoms with E-state index in [9.17, 15) is 4.79 Å². The summed E-state index contributed by atoms with van der Waals surface area (Å²) in [6, 6.07) is 3.42. The first-order chi connectivity index (χ1) is 9.10. The fraction of sp³-hybridized carbons (Fsp3) is 0.308. The molecule has 0 bridgehead atoms. The lowest BCUT2D eigenvalue weighted by Gasteiger charge is -2.01. The summed E-state index contributed by atoms with van der Waals surface area (Å²) in [6.07, 6.45) is 1.49. The predicted octanol–water partition coefficient (Wildman–Crippen LogP) is 3.01. The molecule has 0 aliphatic carbocycles. The number of hydrogen-bond donors (Lipinski definition) is 0. The van der Waals surface area contributed by atoms with Crippen LogP contribution in [0.1, 0.15) is 28.7 Å². The van der Waals surface area contributed by atoms with Gasteiger partial charge in [-0.25, -0.2) is 14.8 Å². The van der Waals surface area contributed by atoms with E-state index in [4.69, 9.17) is 9.15 Å². The molecule has 0 saturated carbocycles. The first-order valence-electron chi connectivity index (χ1n) is 5.85. The molecule has 0 unspecified atom stereocenters. The molecule has 0 radical (unpaired) electrons. The molecule has 0 spiro atoms. The Morgan fingerprint density at radius 3 is 2.74 bits per heavy atom. The normalized spacial score (nSPS) is 10.5. The van der Waals surface area contributed by atoms with Gasteiger partial charge in [-0.3, -0.25) is 0 Å². The Morgan fingerprint density at radius 1 is 1.42 bits per heavy atom. The number of pyridine rings is 1. The highest BCUT2D eigenvalue weighted by atomic mass is 32.2. The number of aromatic nitrogens is 2. The van der Waals surface area contributed by atoms with Crippen molar-refractivity contribution in [2.45, 2.75) is 31.0 Å². The Morgan fingerprint density at radius 2 is 2.21 bits per heavy atom. The van der Waals surface area contributed by atoms with E-state index in [1.165, 1.54) is 18.0 Å². The fourth-order valence-corrected chi connectivity index (χ4v) is 2.12. The Hall–Kier alpha value is -1.82. The van der Waals surface area contributed by atoms with Crippen LogP contribution in [0.5, 0.6) is 0 Å². The molecule has 0 aliphatic rings. The Kier molecular flexibility index (Phi) is 4.21. The van der Waals surface area contributed by atoms with Crippen LogP contribution >= 0.6 is 11.8 Å². The van der Waals surface area contributed by atoms with Gasteiger partial charge in [0.25, 0.3) is 5.22 Å². The van der Waals surface area contributed by atoms with Crippen LogP contribution in [0, 0.1) is 13.8 Å². The maximum Gasteiger partial charge on any atom is 0.339 e. The van der Waals surface area contributed by atoms with Gasteiger partial charge in [0.1, 0.15) is 10.8 Å². The fourth-order valence-electron chi connectivity index (χ4n) is 1.35. The molecule has 0 atom stereocenters. The van der Waals surface area contributed by atoms with Crippen LogP contribution < -0.4 is 0 Å². The van der Waals surface area contributed by atoms with Crippen LogP contribution in [0.4, 0.5) is 0 Å². The molecule has 0 aromatic carbocycles. The van der Waals surface area contributed by atoms with Crippen molar-refractivity contribution in [3.05, 3.63) is 35.3 Å². The van der Waals surface area contributed by atoms with E-state index in [2.05, 4.69) is 9.97 Å². The average molecular weight is 278 g/mol. The van der Waals surface area contributed by atoms with Crippen LogP contribution in [-0.4, -0.2) is 22.5 Å². The number of carbonyl (C=O) groups excluding carboxylic acids is 1. The number of hydrogen-bond acceptors (Lipinski definition) is 6. The van der Waals surface area contributed by atoms with E-state index in [0.29, 0.717) is 22.4 Å². The lowest BCUT2D eigenvalue weighted by molar-refractivity contribution is 0.0525. The van der Waals surface area contributed by atoms with E-state index >= 15 is 0 Å². The van der Waals surface area contributed by atoms with Crippen LogP contribution in [-0.2, 0) is 4.74 Å². The van der Waals surface area contributed by atoms with Crippen molar-refractivity contribution in [2.24, 2.45) is 0 Å². The van der Waals surface area contributed by atoms with Gasteiger partial charge in [0.15, 0.2) is 0 Å². The Bertz CT molecular complexity index is 559. The largest absolute Gasteiger partial charge is 0.462 e. The highest BCUT2D eigenvalue weighted by molar-refractivity contribution is 7.99. The third kappa shape index (κ3) is 3.35. The number of nitrogens with zero attached hydrogens (tertiary/aromatic N) is 2. The summed E-state index contributed by atoms with van der Waals surface area (Å²) in [5.41, 5.74) is 1.30. The van der Waals surface area contributed by atoms with E-state index in [-0.39, 0.29) is 5.97 Å². The van der Waals surface area contributed by atoms with Crippen molar-refractivity contribution >= 4 is 17.7 Å². The molecule has 0 fully saturated rings. The second-order valence-corrected chi connectivity index (χ2v) is 4.80. The molecule has 2 aromatic rings. The van der Waals surface area contributed by atoms with Gasteiger partial charge in [-0.15, -0.1) is 0 Å². The molecule has 2 aromatic heterocycles. The quantitative estimate of drug-likeness (QED) is 0.801. The average Bonchev–Trinajstić information content (AvgIpc) is 2.69. The molecule has 2 heterocycles. The summed E-state index contributed by atoms with van der Waals surface area (Å²) < 4.78 is 10.3. The number of rotatable bonds is 4. The molecule has 0 N–H and O–H groups in total. The molecular formula is C13H14N2O3S. The minimum Gasteiger partial charge on any atom is -0.462 e. The first-order valence-corrected chi connectivity index (χ1v) is 6.67. The van der Waals surface area contributed by atoms with Crippen molar-refractivity contribution in [1.82, 2.24) is 9.97 Å². The summed E-state index contributed by atoms with van der Waals surface area (Å²) in [6.45, 7) is 5.87. The molecule has 6 heteroatoms. The third-order valence-corrected chi connectivity index (χ3v) is 3.25. The SMILES string of the molecule is CCOC(=O)c1ccc(Sc2nc(C)c(C)o2)nc1. The number of carbonyl (C=O) groups is 1. The van der Waals surface area contributed by atoms with Gasteiger partial charge in [0.2, 0.25) is 0 Å². The second kappa shape index (κ2) is 5.88. The third-order valence-electron chi connectivity index (χ3n) is 2.45. The zero-order valence-electron chi connectivity index (χ0n) is 11.0. The number of ether oxygens (including phenoxy) is 1. The summed E-state index contributed by atoms with van der Waals surface area (Å²) >= 11 is 1.32. The first kappa shape index (κ1) is 13.6. The summed E-state index contributed by atoms with van der Waals surface area (Å²) in [5.74, 6) is 0.431. The van der Waals surface area contributed by atoms with E-state index in [1.54, 1.807) is 19.1 Å². The number of oxazole rings is 1. The Balaban J connectivity index is 2.08. The van der Waals surface area contributed by atoms with Crippen molar-refractivity contribution in [1.29, 1.82) is 0 Å². The maximum atomic E-state index is 11.5. The molecule has 0 amide bonds. The summed E-state index contributed by atoms with van der Waals surface area (Å²) in [5, 5.41) is 1.26. The number of aryl methyl sites for hydroxylation is 2. The van der Waals surface area contributed by atoms with Crippen molar-refractivity contribution < 1.29 is 13.9 Å². The topological polar surface area (TPSA) is 65.2 Å². The lowest BCUT2D eigenvalue weighted by atomic mass is 10.3. The van der Waals surface area contributed by atoms with Crippen molar-refractivity contribution in [2.75, 3.05) is 6.61 Å². The Labute approximate surface area is 115 Å². The van der Waals surface area contributed by atoms with Crippen LogP contribution in [0.2, 0.25) is 0 Å². The number of esters is 1. The molecule has 19 heavy (non-hydrogen) atoms. The van der Waals surface area contributed by atoms with Gasteiger partial charge in [0, 0.05) is 6.20 Å². The zero-order valence-corrected chi connectivity index (χ0v) is 11.8. The van der Waals surface area contributed by atoms with E-state index in [1.807, 2.05) is 13.8 Å². The second-order valence-electron chi connectivity index (χ2n) is 3.83. The van der Waals surface area contributed by atoms with Gasteiger partial charge in [0.05, 0.1) is 17.9 Å². The maximum absolute atomic E-state index is 11.5. The standard InChI is InChI=1S/C13H14N2O3S/c1-4-17-12(16)10-5-6-11(14-7-10)19-13-15-8(2)9(3)18-13/h5-7H,4H2,1-3H3. The molecular weight excluding hydrogens is 264 g/mol. The monoisotopic (exact) mass is 278 g/mol. The smallest absolute Gasteiger partial charge is 0.339 e. The summed E-state index contributed by atoms with van der Waals surface area (Å²) in [4.78, 5) is 19.9. The molecule has 100 valence electrons. The zero-order chi connectivity index (χ0) is 13.8.